The first-order valence-corrected chi connectivity index (χ1v) is 8.01. The third kappa shape index (κ3) is 2.82. The molecule has 3 rings (SSSR count). The fraction of sp³-hybridized carbons (Fsp3) is 0.467. The summed E-state index contributed by atoms with van der Waals surface area (Å²) in [6.07, 6.45) is 2.61. The van der Waals surface area contributed by atoms with Crippen LogP contribution >= 0.6 is 11.8 Å². The Balaban J connectivity index is 1.72. The van der Waals surface area contributed by atoms with Crippen molar-refractivity contribution < 1.29 is 4.42 Å². The van der Waals surface area contributed by atoms with Gasteiger partial charge < -0.3 is 9.73 Å². The first-order valence-electron chi connectivity index (χ1n) is 6.86. The van der Waals surface area contributed by atoms with E-state index < -0.39 is 0 Å². The van der Waals surface area contributed by atoms with Gasteiger partial charge in [0.1, 0.15) is 0 Å². The summed E-state index contributed by atoms with van der Waals surface area (Å²) in [6, 6.07) is 8.69. The molecule has 106 valence electrons. The molecule has 5 heteroatoms. The number of rotatable bonds is 3. The van der Waals surface area contributed by atoms with E-state index in [1.165, 1.54) is 24.3 Å². The zero-order valence-electron chi connectivity index (χ0n) is 11.8. The van der Waals surface area contributed by atoms with Crippen LogP contribution in [0.25, 0.3) is 11.5 Å². The number of benzene rings is 1. The maximum Gasteiger partial charge on any atom is 0.247 e. The van der Waals surface area contributed by atoms with E-state index in [1.807, 2.05) is 23.9 Å². The van der Waals surface area contributed by atoms with Gasteiger partial charge in [-0.3, -0.25) is 0 Å². The number of hydrogen-bond donors (Lipinski definition) is 1. The molecule has 0 saturated carbocycles. The zero-order valence-corrected chi connectivity index (χ0v) is 12.6. The summed E-state index contributed by atoms with van der Waals surface area (Å²) in [5, 5.41) is 11.3. The van der Waals surface area contributed by atoms with Crippen LogP contribution in [0.1, 0.15) is 20.3 Å². The van der Waals surface area contributed by atoms with Crippen molar-refractivity contribution in [1.29, 1.82) is 0 Å². The summed E-state index contributed by atoms with van der Waals surface area (Å²) in [6.45, 7) is 4.69. The lowest BCUT2D eigenvalue weighted by molar-refractivity contribution is 0.305. The summed E-state index contributed by atoms with van der Waals surface area (Å²) in [4.78, 5) is 0. The normalized spacial score (nSPS) is 21.6. The standard InChI is InChI=1S/C15H19N3OS/c1-15(2)7-8-20-9-13(15)17-12-5-3-11(4-6-12)14-18-16-10-19-14/h3-6,10,13,17H,7-9H2,1-2H3. The Labute approximate surface area is 123 Å². The molecule has 0 aliphatic carbocycles. The SMILES string of the molecule is CC1(C)CCSCC1Nc1ccc(-c2nnco2)cc1. The van der Waals surface area contributed by atoms with Gasteiger partial charge >= 0.3 is 0 Å². The van der Waals surface area contributed by atoms with Gasteiger partial charge in [-0.15, -0.1) is 10.2 Å². The van der Waals surface area contributed by atoms with Crippen LogP contribution in [-0.2, 0) is 0 Å². The summed E-state index contributed by atoms with van der Waals surface area (Å²) in [7, 11) is 0. The predicted molar refractivity (Wildman–Crippen MR) is 82.9 cm³/mol. The van der Waals surface area contributed by atoms with Gasteiger partial charge in [-0.1, -0.05) is 13.8 Å². The Hall–Kier alpha value is -1.49. The molecule has 4 nitrogen and oxygen atoms in total. The summed E-state index contributed by atoms with van der Waals surface area (Å²) in [5.41, 5.74) is 2.44. The molecule has 0 spiro atoms. The lowest BCUT2D eigenvalue weighted by Crippen LogP contribution is -2.41. The van der Waals surface area contributed by atoms with Crippen molar-refractivity contribution in [3.8, 4) is 11.5 Å². The van der Waals surface area contributed by atoms with Crippen LogP contribution < -0.4 is 5.32 Å². The minimum Gasteiger partial charge on any atom is -0.423 e. The second-order valence-electron chi connectivity index (χ2n) is 5.83. The summed E-state index contributed by atoms with van der Waals surface area (Å²) < 4.78 is 5.20. The highest BCUT2D eigenvalue weighted by Gasteiger charge is 2.32. The average molecular weight is 289 g/mol. The quantitative estimate of drug-likeness (QED) is 0.934. The molecule has 1 aromatic carbocycles. The van der Waals surface area contributed by atoms with Gasteiger partial charge in [-0.25, -0.2) is 0 Å². The number of aromatic nitrogens is 2. The lowest BCUT2D eigenvalue weighted by Gasteiger charge is -2.39. The Morgan fingerprint density at radius 1 is 1.30 bits per heavy atom. The summed E-state index contributed by atoms with van der Waals surface area (Å²) in [5.74, 6) is 2.99. The van der Waals surface area contributed by atoms with Crippen LogP contribution in [0.2, 0.25) is 0 Å². The van der Waals surface area contributed by atoms with E-state index in [0.717, 1.165) is 11.3 Å². The van der Waals surface area contributed by atoms with Crippen molar-refractivity contribution in [2.75, 3.05) is 16.8 Å². The van der Waals surface area contributed by atoms with Crippen molar-refractivity contribution in [3.63, 3.8) is 0 Å². The van der Waals surface area contributed by atoms with Crippen LogP contribution in [0, 0.1) is 5.41 Å². The number of anilines is 1. The number of thioether (sulfide) groups is 1. The third-order valence-corrected chi connectivity index (χ3v) is 5.01. The maximum absolute atomic E-state index is 5.20. The highest BCUT2D eigenvalue weighted by atomic mass is 32.2. The van der Waals surface area contributed by atoms with Crippen LogP contribution in [-0.4, -0.2) is 27.7 Å². The highest BCUT2D eigenvalue weighted by Crippen LogP contribution is 2.36. The lowest BCUT2D eigenvalue weighted by atomic mass is 9.82. The molecule has 1 unspecified atom stereocenters. The molecule has 2 aromatic rings. The highest BCUT2D eigenvalue weighted by molar-refractivity contribution is 7.99. The molecule has 1 N–H and O–H groups in total. The van der Waals surface area contributed by atoms with Gasteiger partial charge in [0.2, 0.25) is 12.3 Å². The second kappa shape index (κ2) is 5.48. The van der Waals surface area contributed by atoms with Gasteiger partial charge in [0.25, 0.3) is 0 Å². The van der Waals surface area contributed by atoms with Crippen molar-refractivity contribution in [3.05, 3.63) is 30.7 Å². The van der Waals surface area contributed by atoms with Crippen LogP contribution in [0.4, 0.5) is 5.69 Å². The van der Waals surface area contributed by atoms with E-state index >= 15 is 0 Å². The van der Waals surface area contributed by atoms with Crippen molar-refractivity contribution >= 4 is 17.4 Å². The van der Waals surface area contributed by atoms with E-state index in [1.54, 1.807) is 0 Å². The van der Waals surface area contributed by atoms with E-state index in [2.05, 4.69) is 41.5 Å². The van der Waals surface area contributed by atoms with Gasteiger partial charge in [0.05, 0.1) is 0 Å². The Morgan fingerprint density at radius 3 is 2.75 bits per heavy atom. The van der Waals surface area contributed by atoms with Gasteiger partial charge in [-0.05, 0) is 41.9 Å². The Morgan fingerprint density at radius 2 is 2.10 bits per heavy atom. The van der Waals surface area contributed by atoms with E-state index in [9.17, 15) is 0 Å². The van der Waals surface area contributed by atoms with E-state index in [4.69, 9.17) is 4.42 Å². The molecule has 20 heavy (non-hydrogen) atoms. The summed E-state index contributed by atoms with van der Waals surface area (Å²) >= 11 is 2.03. The molecule has 1 fully saturated rings. The topological polar surface area (TPSA) is 51.0 Å². The monoisotopic (exact) mass is 289 g/mol. The minimum absolute atomic E-state index is 0.344. The zero-order chi connectivity index (χ0) is 14.0. The number of nitrogens with zero attached hydrogens (tertiary/aromatic N) is 2. The second-order valence-corrected chi connectivity index (χ2v) is 6.98. The molecule has 1 aromatic heterocycles. The number of hydrogen-bond acceptors (Lipinski definition) is 5. The minimum atomic E-state index is 0.344. The smallest absolute Gasteiger partial charge is 0.247 e. The average Bonchev–Trinajstić information content (AvgIpc) is 2.96. The van der Waals surface area contributed by atoms with Crippen LogP contribution in [0.5, 0.6) is 0 Å². The molecular weight excluding hydrogens is 270 g/mol. The fourth-order valence-electron chi connectivity index (χ4n) is 2.38. The fourth-order valence-corrected chi connectivity index (χ4v) is 3.99. The van der Waals surface area contributed by atoms with Crippen molar-refractivity contribution in [2.24, 2.45) is 5.41 Å². The Kier molecular flexibility index (Phi) is 3.70. The van der Waals surface area contributed by atoms with Crippen molar-refractivity contribution in [1.82, 2.24) is 10.2 Å². The maximum atomic E-state index is 5.20. The molecule has 1 aliphatic rings. The van der Waals surface area contributed by atoms with Gasteiger partial charge in [0, 0.05) is 23.0 Å². The molecule has 1 aliphatic heterocycles. The van der Waals surface area contributed by atoms with Gasteiger partial charge in [-0.2, -0.15) is 11.8 Å². The van der Waals surface area contributed by atoms with E-state index in [0.29, 0.717) is 17.3 Å². The van der Waals surface area contributed by atoms with E-state index in [-0.39, 0.29) is 0 Å². The molecule has 0 amide bonds. The number of nitrogens with one attached hydrogen (secondary N) is 1. The molecule has 0 radical (unpaired) electrons. The Bertz CT molecular complexity index is 551. The van der Waals surface area contributed by atoms with Gasteiger partial charge in [0.15, 0.2) is 0 Å². The predicted octanol–water partition coefficient (Wildman–Crippen LogP) is 3.68. The first kappa shape index (κ1) is 13.5. The molecule has 0 bridgehead atoms. The molecular formula is C15H19N3OS. The third-order valence-electron chi connectivity index (χ3n) is 3.95. The molecule has 1 atom stereocenters. The largest absolute Gasteiger partial charge is 0.423 e. The van der Waals surface area contributed by atoms with Crippen LogP contribution in [0.3, 0.4) is 0 Å². The molecule has 1 saturated heterocycles. The van der Waals surface area contributed by atoms with Crippen molar-refractivity contribution in [2.45, 2.75) is 26.3 Å². The van der Waals surface area contributed by atoms with Crippen LogP contribution in [0.15, 0.2) is 35.1 Å². The first-order chi connectivity index (χ1) is 9.65. The molecule has 2 heterocycles.